The van der Waals surface area contributed by atoms with Gasteiger partial charge in [-0.2, -0.15) is 0 Å². The van der Waals surface area contributed by atoms with Crippen molar-refractivity contribution in [3.05, 3.63) is 84.9 Å². The molecule has 0 radical (unpaired) electrons. The van der Waals surface area contributed by atoms with Crippen LogP contribution in [0.1, 0.15) is 6.92 Å². The lowest BCUT2D eigenvalue weighted by molar-refractivity contribution is -0.114. The molecule has 0 atom stereocenters. The van der Waals surface area contributed by atoms with Gasteiger partial charge >= 0.3 is 0 Å². The van der Waals surface area contributed by atoms with Crippen molar-refractivity contribution < 1.29 is 27.4 Å². The number of benzene rings is 4. The molecule has 0 saturated heterocycles. The van der Waals surface area contributed by atoms with E-state index in [1.165, 1.54) is 40.4 Å². The normalized spacial score (nSPS) is 11.1. The van der Waals surface area contributed by atoms with Crippen LogP contribution >= 0.6 is 0 Å². The molecule has 0 unspecified atom stereocenters. The van der Waals surface area contributed by atoms with Gasteiger partial charge in [-0.3, -0.25) is 9.52 Å². The van der Waals surface area contributed by atoms with Crippen LogP contribution in [0.4, 0.5) is 23.0 Å². The van der Waals surface area contributed by atoms with Crippen LogP contribution in [-0.4, -0.2) is 45.6 Å². The van der Waals surface area contributed by atoms with Crippen molar-refractivity contribution in [1.82, 2.24) is 9.97 Å². The number of amides is 1. The van der Waals surface area contributed by atoms with E-state index in [0.29, 0.717) is 50.8 Å². The van der Waals surface area contributed by atoms with Crippen LogP contribution in [0.2, 0.25) is 0 Å². The van der Waals surface area contributed by atoms with Gasteiger partial charge in [0.25, 0.3) is 10.0 Å². The van der Waals surface area contributed by atoms with Gasteiger partial charge < -0.3 is 24.8 Å². The van der Waals surface area contributed by atoms with Crippen LogP contribution in [-0.2, 0) is 14.8 Å². The SMILES string of the molecule is COc1cc(Nc2nc3ccccc3nc2NS(=O)(=O)c2cccc(-c3cccc(NC(C)=O)c3OC)c2)cc(OC)c1. The molecule has 12 heteroatoms. The lowest BCUT2D eigenvalue weighted by Crippen LogP contribution is -2.16. The fourth-order valence-electron chi connectivity index (χ4n) is 4.46. The number of hydrogen-bond donors (Lipinski definition) is 3. The first-order chi connectivity index (χ1) is 20.7. The summed E-state index contributed by atoms with van der Waals surface area (Å²) in [6, 6.07) is 23.9. The van der Waals surface area contributed by atoms with Gasteiger partial charge in [0.05, 0.1) is 42.9 Å². The molecule has 4 aromatic carbocycles. The van der Waals surface area contributed by atoms with Crippen LogP contribution in [0, 0.1) is 0 Å². The van der Waals surface area contributed by atoms with Gasteiger partial charge in [-0.1, -0.05) is 36.4 Å². The lowest BCUT2D eigenvalue weighted by Gasteiger charge is -2.16. The minimum atomic E-state index is -4.15. The highest BCUT2D eigenvalue weighted by Crippen LogP contribution is 2.38. The molecule has 1 aromatic heterocycles. The van der Waals surface area contributed by atoms with Crippen LogP contribution in [0.5, 0.6) is 17.2 Å². The van der Waals surface area contributed by atoms with Crippen LogP contribution in [0.25, 0.3) is 22.2 Å². The molecule has 5 rings (SSSR count). The molecular formula is C31H29N5O6S. The Labute approximate surface area is 248 Å². The number of fused-ring (bicyclic) bond motifs is 1. The second kappa shape index (κ2) is 12.2. The smallest absolute Gasteiger partial charge is 0.263 e. The number of carbonyl (C=O) groups excluding carboxylic acids is 1. The maximum absolute atomic E-state index is 13.8. The Kier molecular flexibility index (Phi) is 8.30. The Bertz CT molecular complexity index is 1910. The molecule has 1 amide bonds. The standard InChI is InChI=1S/C31H29N5O6S/c1-19(37)32-28-14-8-11-25(29(28)42-4)20-9-7-10-24(15-20)43(38,39)36-31-30(34-26-12-5-6-13-27(26)35-31)33-21-16-22(40-2)18-23(17-21)41-3/h5-18H,1-4H3,(H,32,37)(H,33,34)(H,35,36). The van der Waals surface area contributed by atoms with E-state index in [2.05, 4.69) is 25.3 Å². The van der Waals surface area contributed by atoms with E-state index in [-0.39, 0.29) is 22.4 Å². The average molecular weight is 600 g/mol. The van der Waals surface area contributed by atoms with Crippen molar-refractivity contribution in [3.63, 3.8) is 0 Å². The third kappa shape index (κ3) is 6.44. The summed E-state index contributed by atoms with van der Waals surface area (Å²) in [5.74, 6) is 1.39. The maximum atomic E-state index is 13.8. The van der Waals surface area contributed by atoms with E-state index in [0.717, 1.165) is 0 Å². The largest absolute Gasteiger partial charge is 0.497 e. The average Bonchev–Trinajstić information content (AvgIpc) is 3.00. The molecule has 0 aliphatic rings. The van der Waals surface area contributed by atoms with Crippen LogP contribution < -0.4 is 29.6 Å². The molecular weight excluding hydrogens is 570 g/mol. The van der Waals surface area contributed by atoms with Gasteiger partial charge in [0, 0.05) is 36.4 Å². The number of nitrogens with zero attached hydrogens (tertiary/aromatic N) is 2. The maximum Gasteiger partial charge on any atom is 0.263 e. The van der Waals surface area contributed by atoms with E-state index < -0.39 is 10.0 Å². The first-order valence-electron chi connectivity index (χ1n) is 13.1. The number of sulfonamides is 1. The number of anilines is 4. The minimum absolute atomic E-state index is 0.00359. The molecule has 220 valence electrons. The summed E-state index contributed by atoms with van der Waals surface area (Å²) >= 11 is 0. The zero-order valence-corrected chi connectivity index (χ0v) is 24.7. The number of para-hydroxylation sites is 3. The summed E-state index contributed by atoms with van der Waals surface area (Å²) in [6.45, 7) is 1.40. The highest BCUT2D eigenvalue weighted by Gasteiger charge is 2.21. The molecule has 43 heavy (non-hydrogen) atoms. The summed E-state index contributed by atoms with van der Waals surface area (Å²) in [5.41, 5.74) is 3.26. The van der Waals surface area contributed by atoms with Gasteiger partial charge in [-0.25, -0.2) is 18.4 Å². The molecule has 0 aliphatic carbocycles. The van der Waals surface area contributed by atoms with E-state index >= 15 is 0 Å². The zero-order valence-electron chi connectivity index (χ0n) is 23.8. The van der Waals surface area contributed by atoms with E-state index in [1.54, 1.807) is 66.7 Å². The molecule has 11 nitrogen and oxygen atoms in total. The van der Waals surface area contributed by atoms with Gasteiger partial charge in [-0.05, 0) is 35.9 Å². The lowest BCUT2D eigenvalue weighted by atomic mass is 10.0. The quantitative estimate of drug-likeness (QED) is 0.181. The molecule has 3 N–H and O–H groups in total. The zero-order chi connectivity index (χ0) is 30.6. The van der Waals surface area contributed by atoms with E-state index in [4.69, 9.17) is 14.2 Å². The summed E-state index contributed by atoms with van der Waals surface area (Å²) in [5, 5.41) is 5.89. The van der Waals surface area contributed by atoms with Gasteiger partial charge in [0.15, 0.2) is 11.6 Å². The molecule has 0 bridgehead atoms. The number of ether oxygens (including phenoxy) is 3. The predicted octanol–water partition coefficient (Wildman–Crippen LogP) is 5.83. The summed E-state index contributed by atoms with van der Waals surface area (Å²) in [4.78, 5) is 20.9. The van der Waals surface area contributed by atoms with Gasteiger partial charge in [-0.15, -0.1) is 0 Å². The molecule has 1 heterocycles. The molecule has 0 saturated carbocycles. The fraction of sp³-hybridized carbons (Fsp3) is 0.129. The number of methoxy groups -OCH3 is 3. The van der Waals surface area contributed by atoms with Crippen molar-refractivity contribution in [3.8, 4) is 28.4 Å². The summed E-state index contributed by atoms with van der Waals surface area (Å²) in [7, 11) is 0.400. The highest BCUT2D eigenvalue weighted by atomic mass is 32.2. The second-order valence-corrected chi connectivity index (χ2v) is 11.0. The second-order valence-electron chi connectivity index (χ2n) is 9.34. The highest BCUT2D eigenvalue weighted by molar-refractivity contribution is 7.92. The first kappa shape index (κ1) is 29.1. The van der Waals surface area contributed by atoms with E-state index in [9.17, 15) is 13.2 Å². The monoisotopic (exact) mass is 599 g/mol. The van der Waals surface area contributed by atoms with Gasteiger partial charge in [0.2, 0.25) is 5.91 Å². The number of hydrogen-bond acceptors (Lipinski definition) is 9. The van der Waals surface area contributed by atoms with Crippen molar-refractivity contribution in [2.45, 2.75) is 11.8 Å². The van der Waals surface area contributed by atoms with Crippen LogP contribution in [0.3, 0.4) is 0 Å². The molecule has 5 aromatic rings. The van der Waals surface area contributed by atoms with Crippen molar-refractivity contribution in [2.75, 3.05) is 36.7 Å². The van der Waals surface area contributed by atoms with Crippen molar-refractivity contribution >= 4 is 50.0 Å². The van der Waals surface area contributed by atoms with Gasteiger partial charge in [0.1, 0.15) is 17.2 Å². The topological polar surface area (TPSA) is 141 Å². The molecule has 0 spiro atoms. The summed E-state index contributed by atoms with van der Waals surface area (Å²) in [6.07, 6.45) is 0. The Morgan fingerprint density at radius 1 is 0.744 bits per heavy atom. The number of aromatic nitrogens is 2. The third-order valence-electron chi connectivity index (χ3n) is 6.40. The Balaban J connectivity index is 1.55. The van der Waals surface area contributed by atoms with Crippen LogP contribution in [0.15, 0.2) is 89.8 Å². The Morgan fingerprint density at radius 2 is 1.40 bits per heavy atom. The first-order valence-corrected chi connectivity index (χ1v) is 14.5. The Morgan fingerprint density at radius 3 is 2.02 bits per heavy atom. The number of nitrogens with one attached hydrogen (secondary N) is 3. The molecule has 0 aliphatic heterocycles. The minimum Gasteiger partial charge on any atom is -0.497 e. The van der Waals surface area contributed by atoms with Crippen molar-refractivity contribution in [1.29, 1.82) is 0 Å². The fourth-order valence-corrected chi connectivity index (χ4v) is 5.52. The summed E-state index contributed by atoms with van der Waals surface area (Å²) < 4.78 is 46.4. The Hall–Kier alpha value is -5.36. The number of rotatable bonds is 10. The van der Waals surface area contributed by atoms with E-state index in [1.807, 2.05) is 6.07 Å². The van der Waals surface area contributed by atoms with Crippen molar-refractivity contribution in [2.24, 2.45) is 0 Å². The third-order valence-corrected chi connectivity index (χ3v) is 7.74. The predicted molar refractivity (Wildman–Crippen MR) is 166 cm³/mol. The number of carbonyl (C=O) groups is 1. The molecule has 0 fully saturated rings.